The molecule has 0 aromatic carbocycles. The van der Waals surface area contributed by atoms with Crippen LogP contribution in [0.25, 0.3) is 0 Å². The molecule has 0 N–H and O–H groups in total. The van der Waals surface area contributed by atoms with Crippen LogP contribution in [0.3, 0.4) is 0 Å². The van der Waals surface area contributed by atoms with Gasteiger partial charge in [0.2, 0.25) is 0 Å². The van der Waals surface area contributed by atoms with Crippen molar-refractivity contribution in [1.82, 2.24) is 0 Å². The third-order valence-corrected chi connectivity index (χ3v) is 3.09. The molecular formula is C9H16ClF3S. The highest BCUT2D eigenvalue weighted by molar-refractivity contribution is 7.99. The van der Waals surface area contributed by atoms with Gasteiger partial charge in [0.05, 0.1) is 0 Å². The molecule has 0 fully saturated rings. The Morgan fingerprint density at radius 3 is 2.14 bits per heavy atom. The van der Waals surface area contributed by atoms with E-state index < -0.39 is 12.6 Å². The standard InChI is InChI=1S/C9H16ClF3S/c10-6-4-8-14-7-3-1-2-5-9(11,12)13/h1-8H2. The summed E-state index contributed by atoms with van der Waals surface area (Å²) in [4.78, 5) is 0. The summed E-state index contributed by atoms with van der Waals surface area (Å²) >= 11 is 7.25. The van der Waals surface area contributed by atoms with Crippen molar-refractivity contribution in [3.05, 3.63) is 0 Å². The Bertz CT molecular complexity index is 128. The molecule has 0 spiro atoms. The van der Waals surface area contributed by atoms with Crippen molar-refractivity contribution in [2.24, 2.45) is 0 Å². The van der Waals surface area contributed by atoms with Gasteiger partial charge in [0.25, 0.3) is 0 Å². The van der Waals surface area contributed by atoms with E-state index in [-0.39, 0.29) is 6.42 Å². The molecule has 0 saturated heterocycles. The maximum absolute atomic E-state index is 11.7. The molecule has 0 bridgehead atoms. The average molecular weight is 249 g/mol. The zero-order chi connectivity index (χ0) is 10.9. The van der Waals surface area contributed by atoms with Gasteiger partial charge in [-0.15, -0.1) is 11.6 Å². The largest absolute Gasteiger partial charge is 0.389 e. The quantitative estimate of drug-likeness (QED) is 0.451. The second kappa shape index (κ2) is 8.72. The lowest BCUT2D eigenvalue weighted by molar-refractivity contribution is -0.135. The van der Waals surface area contributed by atoms with Crippen molar-refractivity contribution >= 4 is 23.4 Å². The molecule has 14 heavy (non-hydrogen) atoms. The van der Waals surface area contributed by atoms with Crippen LogP contribution in [0.2, 0.25) is 0 Å². The third kappa shape index (κ3) is 12.4. The fourth-order valence-corrected chi connectivity index (χ4v) is 2.22. The molecule has 0 heterocycles. The minimum absolute atomic E-state index is 0.263. The molecule has 0 unspecified atom stereocenters. The van der Waals surface area contributed by atoms with E-state index in [2.05, 4.69) is 0 Å². The molecule has 0 radical (unpaired) electrons. The van der Waals surface area contributed by atoms with Crippen LogP contribution in [0.1, 0.15) is 32.1 Å². The number of thioether (sulfide) groups is 1. The highest BCUT2D eigenvalue weighted by Crippen LogP contribution is 2.22. The lowest BCUT2D eigenvalue weighted by atomic mass is 10.2. The monoisotopic (exact) mass is 248 g/mol. The Morgan fingerprint density at radius 1 is 0.929 bits per heavy atom. The first-order chi connectivity index (χ1) is 6.56. The fraction of sp³-hybridized carbons (Fsp3) is 1.00. The minimum atomic E-state index is -3.98. The summed E-state index contributed by atoms with van der Waals surface area (Å²) in [5.74, 6) is 2.64. The number of unbranched alkanes of at least 4 members (excludes halogenated alkanes) is 2. The number of hydrogen-bond acceptors (Lipinski definition) is 1. The zero-order valence-corrected chi connectivity index (χ0v) is 9.65. The molecule has 0 nitrogen and oxygen atoms in total. The van der Waals surface area contributed by atoms with Crippen LogP contribution in [0.4, 0.5) is 13.2 Å². The van der Waals surface area contributed by atoms with Crippen molar-refractivity contribution in [1.29, 1.82) is 0 Å². The summed E-state index contributed by atoms with van der Waals surface area (Å²) < 4.78 is 35.1. The summed E-state index contributed by atoms with van der Waals surface area (Å²) in [5, 5.41) is 0. The highest BCUT2D eigenvalue weighted by atomic mass is 35.5. The average Bonchev–Trinajstić information content (AvgIpc) is 2.08. The van der Waals surface area contributed by atoms with Crippen molar-refractivity contribution in [2.75, 3.05) is 17.4 Å². The van der Waals surface area contributed by atoms with Gasteiger partial charge >= 0.3 is 6.18 Å². The van der Waals surface area contributed by atoms with Gasteiger partial charge in [0, 0.05) is 12.3 Å². The SMILES string of the molecule is FC(F)(F)CCCCCSCCCCl. The van der Waals surface area contributed by atoms with Gasteiger partial charge in [-0.05, 0) is 30.8 Å². The van der Waals surface area contributed by atoms with Gasteiger partial charge in [0.1, 0.15) is 0 Å². The van der Waals surface area contributed by atoms with Gasteiger partial charge in [-0.1, -0.05) is 6.42 Å². The molecular weight excluding hydrogens is 233 g/mol. The van der Waals surface area contributed by atoms with Crippen LogP contribution in [0.5, 0.6) is 0 Å². The van der Waals surface area contributed by atoms with Crippen LogP contribution >= 0.6 is 23.4 Å². The van der Waals surface area contributed by atoms with E-state index in [1.54, 1.807) is 11.8 Å². The Balaban J connectivity index is 2.99. The Morgan fingerprint density at radius 2 is 1.57 bits per heavy atom. The molecule has 0 aromatic heterocycles. The van der Waals surface area contributed by atoms with Crippen LogP contribution in [0.15, 0.2) is 0 Å². The van der Waals surface area contributed by atoms with Crippen molar-refractivity contribution in [2.45, 2.75) is 38.3 Å². The first-order valence-electron chi connectivity index (χ1n) is 4.77. The summed E-state index contributed by atoms with van der Waals surface area (Å²) in [6, 6.07) is 0. The van der Waals surface area contributed by atoms with Gasteiger partial charge in [-0.3, -0.25) is 0 Å². The molecule has 0 aliphatic heterocycles. The van der Waals surface area contributed by atoms with Gasteiger partial charge in [0.15, 0.2) is 0 Å². The maximum Gasteiger partial charge on any atom is 0.389 e. The molecule has 0 saturated carbocycles. The number of rotatable bonds is 8. The van der Waals surface area contributed by atoms with Gasteiger partial charge < -0.3 is 0 Å². The van der Waals surface area contributed by atoms with Crippen molar-refractivity contribution in [3.63, 3.8) is 0 Å². The lowest BCUT2D eigenvalue weighted by Gasteiger charge is -2.05. The molecule has 5 heteroatoms. The highest BCUT2D eigenvalue weighted by Gasteiger charge is 2.25. The smallest absolute Gasteiger partial charge is 0.171 e. The van der Waals surface area contributed by atoms with E-state index in [0.29, 0.717) is 12.3 Å². The first-order valence-corrected chi connectivity index (χ1v) is 6.45. The lowest BCUT2D eigenvalue weighted by Crippen LogP contribution is -2.06. The fourth-order valence-electron chi connectivity index (χ4n) is 0.965. The molecule has 0 aliphatic carbocycles. The number of alkyl halides is 4. The Hall–Kier alpha value is 0.430. The molecule has 0 aromatic rings. The normalized spacial score (nSPS) is 12.0. The minimum Gasteiger partial charge on any atom is -0.171 e. The van der Waals surface area contributed by atoms with E-state index in [0.717, 1.165) is 24.3 Å². The summed E-state index contributed by atoms with van der Waals surface area (Å²) in [7, 11) is 0. The van der Waals surface area contributed by atoms with Crippen LogP contribution in [-0.4, -0.2) is 23.6 Å². The topological polar surface area (TPSA) is 0 Å². The molecule has 86 valence electrons. The summed E-state index contributed by atoms with van der Waals surface area (Å²) in [6.07, 6.45) is -1.82. The van der Waals surface area contributed by atoms with E-state index in [4.69, 9.17) is 11.6 Å². The van der Waals surface area contributed by atoms with Crippen molar-refractivity contribution < 1.29 is 13.2 Å². The maximum atomic E-state index is 11.7. The van der Waals surface area contributed by atoms with Crippen LogP contribution < -0.4 is 0 Å². The van der Waals surface area contributed by atoms with Crippen LogP contribution in [0, 0.1) is 0 Å². The van der Waals surface area contributed by atoms with E-state index >= 15 is 0 Å². The molecule has 0 rings (SSSR count). The van der Waals surface area contributed by atoms with E-state index in [9.17, 15) is 13.2 Å². The molecule has 0 aliphatic rings. The van der Waals surface area contributed by atoms with Gasteiger partial charge in [-0.25, -0.2) is 0 Å². The summed E-state index contributed by atoms with van der Waals surface area (Å²) in [5.41, 5.74) is 0. The van der Waals surface area contributed by atoms with E-state index in [1.807, 2.05) is 0 Å². The second-order valence-corrected chi connectivity index (χ2v) is 4.68. The van der Waals surface area contributed by atoms with Crippen LogP contribution in [-0.2, 0) is 0 Å². The summed E-state index contributed by atoms with van der Waals surface area (Å²) in [6.45, 7) is 0. The predicted octanol–water partition coefficient (Wildman–Crippen LogP) is 4.47. The Labute approximate surface area is 92.6 Å². The molecule has 0 amide bonds. The second-order valence-electron chi connectivity index (χ2n) is 3.08. The molecule has 0 atom stereocenters. The third-order valence-electron chi connectivity index (χ3n) is 1.67. The van der Waals surface area contributed by atoms with Gasteiger partial charge in [-0.2, -0.15) is 24.9 Å². The number of halogens is 4. The Kier molecular flexibility index (Phi) is 8.98. The van der Waals surface area contributed by atoms with Crippen molar-refractivity contribution in [3.8, 4) is 0 Å². The predicted molar refractivity (Wildman–Crippen MR) is 57.2 cm³/mol. The zero-order valence-electron chi connectivity index (χ0n) is 8.08. The first kappa shape index (κ1) is 14.4. The van der Waals surface area contributed by atoms with E-state index in [1.165, 1.54) is 0 Å². The number of hydrogen-bond donors (Lipinski definition) is 0.